The Bertz CT molecular complexity index is 572. The van der Waals surface area contributed by atoms with Crippen LogP contribution < -0.4 is 10.2 Å². The summed E-state index contributed by atoms with van der Waals surface area (Å²) in [5, 5.41) is 4.26. The molecule has 1 amide bonds. The van der Waals surface area contributed by atoms with Crippen LogP contribution in [-0.4, -0.2) is 42.3 Å². The van der Waals surface area contributed by atoms with Crippen molar-refractivity contribution in [2.45, 2.75) is 52.5 Å². The van der Waals surface area contributed by atoms with E-state index in [1.54, 1.807) is 0 Å². The van der Waals surface area contributed by atoms with Crippen molar-refractivity contribution in [2.75, 3.05) is 19.7 Å². The summed E-state index contributed by atoms with van der Waals surface area (Å²) in [5.41, 5.74) is 4.79. The molecule has 1 aliphatic heterocycles. The molecule has 0 atom stereocenters. The third-order valence-corrected chi connectivity index (χ3v) is 4.34. The van der Waals surface area contributed by atoms with E-state index in [9.17, 15) is 4.79 Å². The summed E-state index contributed by atoms with van der Waals surface area (Å²) in [6.45, 7) is 10.6. The fourth-order valence-electron chi connectivity index (χ4n) is 2.82. The zero-order chi connectivity index (χ0) is 17.5. The van der Waals surface area contributed by atoms with Crippen molar-refractivity contribution in [2.24, 2.45) is 5.10 Å². The highest BCUT2D eigenvalue weighted by Gasteiger charge is 2.17. The third-order valence-electron chi connectivity index (χ3n) is 4.34. The molecule has 1 N–H and O–H groups in total. The van der Waals surface area contributed by atoms with Gasteiger partial charge in [0.2, 0.25) is 0 Å². The molecule has 0 aliphatic carbocycles. The minimum Gasteiger partial charge on any atom is -0.483 e. The van der Waals surface area contributed by atoms with Gasteiger partial charge in [0.1, 0.15) is 5.75 Å². The first-order valence-electron chi connectivity index (χ1n) is 8.77. The van der Waals surface area contributed by atoms with Crippen molar-refractivity contribution in [3.8, 4) is 5.75 Å². The van der Waals surface area contributed by atoms with Crippen molar-refractivity contribution < 1.29 is 9.53 Å². The smallest absolute Gasteiger partial charge is 0.277 e. The molecule has 0 unspecified atom stereocenters. The molecular formula is C19H29N3O2. The molecule has 0 radical (unpaired) electrons. The maximum absolute atomic E-state index is 12.0. The molecule has 1 aromatic rings. The molecule has 0 bridgehead atoms. The number of rotatable bonds is 6. The van der Waals surface area contributed by atoms with Crippen LogP contribution in [0.1, 0.15) is 52.0 Å². The molecule has 0 saturated carbocycles. The zero-order valence-electron chi connectivity index (χ0n) is 15.2. The van der Waals surface area contributed by atoms with Crippen LogP contribution in [0.15, 0.2) is 29.4 Å². The fourth-order valence-corrected chi connectivity index (χ4v) is 2.82. The van der Waals surface area contributed by atoms with Crippen molar-refractivity contribution in [3.05, 3.63) is 29.8 Å². The number of amides is 1. The zero-order valence-corrected chi connectivity index (χ0v) is 15.2. The highest BCUT2D eigenvalue weighted by Crippen LogP contribution is 2.25. The van der Waals surface area contributed by atoms with E-state index in [0.29, 0.717) is 12.0 Å². The predicted molar refractivity (Wildman–Crippen MR) is 97.5 cm³/mol. The Kier molecular flexibility index (Phi) is 6.79. The highest BCUT2D eigenvalue weighted by molar-refractivity contribution is 5.87. The number of ether oxygens (including phenoxy) is 1. The molecule has 5 nitrogen and oxygen atoms in total. The number of nitrogens with one attached hydrogen (secondary N) is 1. The van der Waals surface area contributed by atoms with Gasteiger partial charge in [-0.3, -0.25) is 4.79 Å². The number of para-hydroxylation sites is 1. The normalized spacial score (nSPS) is 15.7. The SMILES string of the molecule is CC(C)c1ccccc1OCC(=O)NN=C1CCN(C(C)C)CC1. The van der Waals surface area contributed by atoms with E-state index in [1.165, 1.54) is 0 Å². The largest absolute Gasteiger partial charge is 0.483 e. The predicted octanol–water partition coefficient (Wildman–Crippen LogP) is 3.17. The molecule has 5 heteroatoms. The summed E-state index contributed by atoms with van der Waals surface area (Å²) in [6.07, 6.45) is 1.82. The van der Waals surface area contributed by atoms with Crippen LogP contribution in [-0.2, 0) is 4.79 Å². The number of likely N-dealkylation sites (tertiary alicyclic amines) is 1. The Morgan fingerprint density at radius 3 is 2.50 bits per heavy atom. The topological polar surface area (TPSA) is 53.9 Å². The number of hydrogen-bond acceptors (Lipinski definition) is 4. The minimum absolute atomic E-state index is 0.0152. The molecular weight excluding hydrogens is 302 g/mol. The van der Waals surface area contributed by atoms with Gasteiger partial charge in [0.05, 0.1) is 0 Å². The molecule has 132 valence electrons. The number of carbonyl (C=O) groups excluding carboxylic acids is 1. The molecule has 2 rings (SSSR count). The number of carbonyl (C=O) groups is 1. The number of benzene rings is 1. The standard InChI is InChI=1S/C19H29N3O2/c1-14(2)17-7-5-6-8-18(17)24-13-19(23)21-20-16-9-11-22(12-10-16)15(3)4/h5-8,14-15H,9-13H2,1-4H3,(H,21,23). The second-order valence-corrected chi connectivity index (χ2v) is 6.82. The first-order valence-corrected chi connectivity index (χ1v) is 8.77. The third kappa shape index (κ3) is 5.34. The second kappa shape index (κ2) is 8.83. The van der Waals surface area contributed by atoms with Gasteiger partial charge in [-0.05, 0) is 31.4 Å². The van der Waals surface area contributed by atoms with E-state index >= 15 is 0 Å². The summed E-state index contributed by atoms with van der Waals surface area (Å²) in [4.78, 5) is 14.4. The lowest BCUT2D eigenvalue weighted by atomic mass is 10.0. The summed E-state index contributed by atoms with van der Waals surface area (Å²) < 4.78 is 5.66. The first-order chi connectivity index (χ1) is 11.5. The van der Waals surface area contributed by atoms with Crippen molar-refractivity contribution >= 4 is 11.6 Å². The van der Waals surface area contributed by atoms with Gasteiger partial charge in [-0.1, -0.05) is 32.0 Å². The Morgan fingerprint density at radius 2 is 1.88 bits per heavy atom. The molecule has 1 saturated heterocycles. The quantitative estimate of drug-likeness (QED) is 0.815. The fraction of sp³-hybridized carbons (Fsp3) is 0.579. The second-order valence-electron chi connectivity index (χ2n) is 6.82. The van der Waals surface area contributed by atoms with E-state index in [1.807, 2.05) is 24.3 Å². The van der Waals surface area contributed by atoms with E-state index < -0.39 is 0 Å². The van der Waals surface area contributed by atoms with Crippen LogP contribution in [0.5, 0.6) is 5.75 Å². The van der Waals surface area contributed by atoms with Crippen LogP contribution in [0.3, 0.4) is 0 Å². The first kappa shape index (κ1) is 18.5. The van der Waals surface area contributed by atoms with E-state index in [-0.39, 0.29) is 12.5 Å². The van der Waals surface area contributed by atoms with Gasteiger partial charge in [-0.25, -0.2) is 5.43 Å². The number of hydrogen-bond donors (Lipinski definition) is 1. The van der Waals surface area contributed by atoms with Crippen LogP contribution in [0.4, 0.5) is 0 Å². The van der Waals surface area contributed by atoms with Gasteiger partial charge in [-0.15, -0.1) is 0 Å². The van der Waals surface area contributed by atoms with Crippen LogP contribution in [0, 0.1) is 0 Å². The van der Waals surface area contributed by atoms with E-state index in [4.69, 9.17) is 4.74 Å². The Morgan fingerprint density at radius 1 is 1.21 bits per heavy atom. The lowest BCUT2D eigenvalue weighted by Crippen LogP contribution is -2.39. The lowest BCUT2D eigenvalue weighted by Gasteiger charge is -2.30. The number of piperidine rings is 1. The van der Waals surface area contributed by atoms with Gasteiger partial charge in [-0.2, -0.15) is 5.10 Å². The molecule has 0 spiro atoms. The Hall–Kier alpha value is -1.88. The maximum Gasteiger partial charge on any atom is 0.277 e. The average molecular weight is 331 g/mol. The molecule has 1 aliphatic rings. The number of hydrazone groups is 1. The van der Waals surface area contributed by atoms with E-state index in [0.717, 1.165) is 43.0 Å². The number of nitrogens with zero attached hydrogens (tertiary/aromatic N) is 2. The van der Waals surface area contributed by atoms with Gasteiger partial charge in [0.25, 0.3) is 5.91 Å². The van der Waals surface area contributed by atoms with E-state index in [2.05, 4.69) is 43.1 Å². The van der Waals surface area contributed by atoms with Crippen LogP contribution in [0.2, 0.25) is 0 Å². The van der Waals surface area contributed by atoms with Crippen LogP contribution >= 0.6 is 0 Å². The molecule has 1 fully saturated rings. The Balaban J connectivity index is 1.79. The summed E-state index contributed by atoms with van der Waals surface area (Å²) in [5.74, 6) is 0.906. The highest BCUT2D eigenvalue weighted by atomic mass is 16.5. The minimum atomic E-state index is -0.215. The molecule has 24 heavy (non-hydrogen) atoms. The Labute approximate surface area is 145 Å². The molecule has 1 heterocycles. The van der Waals surface area contributed by atoms with Crippen LogP contribution in [0.25, 0.3) is 0 Å². The maximum atomic E-state index is 12.0. The van der Waals surface area contributed by atoms with Gasteiger partial charge in [0, 0.05) is 37.7 Å². The van der Waals surface area contributed by atoms with Gasteiger partial charge < -0.3 is 9.64 Å². The summed E-state index contributed by atoms with van der Waals surface area (Å²) >= 11 is 0. The van der Waals surface area contributed by atoms with Gasteiger partial charge in [0.15, 0.2) is 6.61 Å². The molecule has 0 aromatic heterocycles. The van der Waals surface area contributed by atoms with Crippen molar-refractivity contribution in [1.82, 2.24) is 10.3 Å². The van der Waals surface area contributed by atoms with Crippen molar-refractivity contribution in [3.63, 3.8) is 0 Å². The molecule has 1 aromatic carbocycles. The monoisotopic (exact) mass is 331 g/mol. The lowest BCUT2D eigenvalue weighted by molar-refractivity contribution is -0.123. The van der Waals surface area contributed by atoms with Gasteiger partial charge >= 0.3 is 0 Å². The average Bonchev–Trinajstić information content (AvgIpc) is 2.58. The van der Waals surface area contributed by atoms with Crippen molar-refractivity contribution in [1.29, 1.82) is 0 Å². The summed E-state index contributed by atoms with van der Waals surface area (Å²) in [6, 6.07) is 8.40. The summed E-state index contributed by atoms with van der Waals surface area (Å²) in [7, 11) is 0.